The number of hydrogen-bond acceptors (Lipinski definition) is 9. The summed E-state index contributed by atoms with van der Waals surface area (Å²) < 4.78 is 15.9. The summed E-state index contributed by atoms with van der Waals surface area (Å²) >= 11 is 0.944. The van der Waals surface area contributed by atoms with Crippen LogP contribution < -0.4 is 9.64 Å². The minimum atomic E-state index is -1.00. The Bertz CT molecular complexity index is 1320. The van der Waals surface area contributed by atoms with E-state index in [4.69, 9.17) is 13.9 Å². The Morgan fingerprint density at radius 3 is 2.49 bits per heavy atom. The summed E-state index contributed by atoms with van der Waals surface area (Å²) in [5.41, 5.74) is 0.775. The van der Waals surface area contributed by atoms with Crippen molar-refractivity contribution < 1.29 is 33.4 Å². The zero-order valence-electron chi connectivity index (χ0n) is 19.7. The number of esters is 1. The Balaban J connectivity index is 1.82. The largest absolute Gasteiger partial charge is 0.503 e. The normalized spacial score (nSPS) is 15.6. The molecule has 0 saturated heterocycles. The quantitative estimate of drug-likeness (QED) is 0.352. The topological polar surface area (TPSA) is 119 Å². The number of furan rings is 1. The van der Waals surface area contributed by atoms with Crippen molar-refractivity contribution in [3.63, 3.8) is 0 Å². The number of ketones is 1. The van der Waals surface area contributed by atoms with Gasteiger partial charge in [0.05, 0.1) is 31.0 Å². The maximum Gasteiger partial charge on any atom is 0.350 e. The molecule has 1 aliphatic heterocycles. The fourth-order valence-electron chi connectivity index (χ4n) is 3.77. The lowest BCUT2D eigenvalue weighted by atomic mass is 9.95. The first-order valence-electron chi connectivity index (χ1n) is 10.9. The zero-order chi connectivity index (χ0) is 25.3. The van der Waals surface area contributed by atoms with Gasteiger partial charge in [0.25, 0.3) is 5.91 Å². The number of aliphatic hydroxyl groups is 1. The van der Waals surface area contributed by atoms with Gasteiger partial charge in [0.1, 0.15) is 16.4 Å². The van der Waals surface area contributed by atoms with Crippen LogP contribution in [-0.2, 0) is 9.53 Å². The molecule has 3 aromatic rings. The van der Waals surface area contributed by atoms with E-state index in [-0.39, 0.29) is 21.3 Å². The van der Waals surface area contributed by atoms with Crippen molar-refractivity contribution in [2.45, 2.75) is 33.2 Å². The van der Waals surface area contributed by atoms with Crippen molar-refractivity contribution in [2.75, 3.05) is 18.6 Å². The van der Waals surface area contributed by atoms with Crippen LogP contribution in [0.1, 0.15) is 56.6 Å². The molecule has 182 valence electrons. The fourth-order valence-corrected chi connectivity index (χ4v) is 4.78. The second-order valence-corrected chi connectivity index (χ2v) is 8.88. The summed E-state index contributed by atoms with van der Waals surface area (Å²) in [6.07, 6.45) is 0.844. The molecule has 2 aromatic heterocycles. The first-order valence-corrected chi connectivity index (χ1v) is 11.7. The van der Waals surface area contributed by atoms with Gasteiger partial charge < -0.3 is 19.0 Å². The molecule has 0 fully saturated rings. The van der Waals surface area contributed by atoms with Crippen molar-refractivity contribution in [2.24, 2.45) is 0 Å². The monoisotopic (exact) mass is 496 g/mol. The molecule has 0 aliphatic carbocycles. The summed E-state index contributed by atoms with van der Waals surface area (Å²) in [5, 5.41) is 11.0. The molecular formula is C25H24N2O7S. The highest BCUT2D eigenvalue weighted by Gasteiger charge is 2.46. The average Bonchev–Trinajstić information content (AvgIpc) is 3.53. The number of ether oxygens (including phenoxy) is 2. The molecule has 1 aliphatic rings. The molecule has 1 aromatic carbocycles. The van der Waals surface area contributed by atoms with Crippen LogP contribution in [0.2, 0.25) is 0 Å². The van der Waals surface area contributed by atoms with E-state index in [1.54, 1.807) is 44.2 Å². The molecule has 1 atom stereocenters. The average molecular weight is 497 g/mol. The van der Waals surface area contributed by atoms with Gasteiger partial charge in [-0.15, -0.1) is 0 Å². The van der Waals surface area contributed by atoms with E-state index in [0.29, 0.717) is 29.4 Å². The van der Waals surface area contributed by atoms with Gasteiger partial charge in [-0.3, -0.25) is 14.5 Å². The second kappa shape index (κ2) is 9.75. The summed E-state index contributed by atoms with van der Waals surface area (Å²) in [6, 6.07) is 9.02. The fraction of sp³-hybridized carbons (Fsp3) is 0.280. The molecule has 10 heteroatoms. The molecule has 0 unspecified atom stereocenters. The molecular weight excluding hydrogens is 472 g/mol. The number of thiazole rings is 1. The Kier molecular flexibility index (Phi) is 6.74. The van der Waals surface area contributed by atoms with Crippen molar-refractivity contribution in [3.05, 3.63) is 75.4 Å². The summed E-state index contributed by atoms with van der Waals surface area (Å²) in [7, 11) is 1.25. The van der Waals surface area contributed by atoms with Crippen LogP contribution in [0.3, 0.4) is 0 Å². The molecule has 3 heterocycles. The van der Waals surface area contributed by atoms with Crippen molar-refractivity contribution in [3.8, 4) is 5.75 Å². The number of Topliss-reactive ketones (excluding diaryl/α,β-unsaturated/α-hetero) is 1. The Morgan fingerprint density at radius 1 is 1.17 bits per heavy atom. The number of carbonyl (C=O) groups is 3. The van der Waals surface area contributed by atoms with E-state index in [0.717, 1.165) is 17.8 Å². The summed E-state index contributed by atoms with van der Waals surface area (Å²) in [5.74, 6) is -1.58. The van der Waals surface area contributed by atoms with Gasteiger partial charge in [-0.1, -0.05) is 30.4 Å². The van der Waals surface area contributed by atoms with E-state index in [1.807, 2.05) is 6.92 Å². The minimum absolute atomic E-state index is 0.00262. The molecule has 1 amide bonds. The summed E-state index contributed by atoms with van der Waals surface area (Å²) in [4.78, 5) is 44.6. The third kappa shape index (κ3) is 4.44. The Labute approximate surface area is 205 Å². The number of benzene rings is 1. The number of methoxy groups -OCH3 is 1. The number of anilines is 1. The number of carbonyl (C=O) groups excluding carboxylic acids is 3. The lowest BCUT2D eigenvalue weighted by Crippen LogP contribution is -2.31. The lowest BCUT2D eigenvalue weighted by molar-refractivity contribution is -0.117. The van der Waals surface area contributed by atoms with Crippen LogP contribution in [0.4, 0.5) is 5.13 Å². The minimum Gasteiger partial charge on any atom is -0.503 e. The highest BCUT2D eigenvalue weighted by Crippen LogP contribution is 2.44. The Hall–Kier alpha value is -3.92. The maximum atomic E-state index is 13.4. The van der Waals surface area contributed by atoms with Crippen molar-refractivity contribution in [1.82, 2.24) is 4.98 Å². The van der Waals surface area contributed by atoms with E-state index in [2.05, 4.69) is 4.98 Å². The third-order valence-corrected chi connectivity index (χ3v) is 6.58. The molecule has 0 bridgehead atoms. The first-order chi connectivity index (χ1) is 16.8. The molecule has 0 saturated carbocycles. The SMILES string of the molecule is CCCOc1ccc([C@@H]2C(C(=O)c3ccc(C)o3)=C(O)C(=O)N2c2nc(C)c(C(=O)OC)s2)cc1. The maximum absolute atomic E-state index is 13.4. The third-order valence-electron chi connectivity index (χ3n) is 5.45. The van der Waals surface area contributed by atoms with E-state index >= 15 is 0 Å². The van der Waals surface area contributed by atoms with Gasteiger partial charge in [0.2, 0.25) is 5.78 Å². The van der Waals surface area contributed by atoms with Gasteiger partial charge in [0, 0.05) is 0 Å². The molecule has 35 heavy (non-hydrogen) atoms. The van der Waals surface area contributed by atoms with Crippen molar-refractivity contribution in [1.29, 1.82) is 0 Å². The highest BCUT2D eigenvalue weighted by molar-refractivity contribution is 7.17. The number of aliphatic hydroxyl groups excluding tert-OH is 1. The molecule has 0 spiro atoms. The number of hydrogen-bond donors (Lipinski definition) is 1. The number of amides is 1. The number of aromatic nitrogens is 1. The van der Waals surface area contributed by atoms with Crippen LogP contribution in [0.5, 0.6) is 5.75 Å². The molecule has 0 radical (unpaired) electrons. The number of rotatable bonds is 8. The summed E-state index contributed by atoms with van der Waals surface area (Å²) in [6.45, 7) is 5.85. The standard InChI is InChI=1S/C25H24N2O7S/c1-5-12-33-16-9-7-15(8-10-16)19-18(20(28)17-11-6-13(2)34-17)21(29)23(30)27(19)25-26-14(3)22(35-25)24(31)32-4/h6-11,19,29H,5,12H2,1-4H3/t19-/m1/s1. The van der Waals surface area contributed by atoms with Crippen LogP contribution in [0, 0.1) is 13.8 Å². The Morgan fingerprint density at radius 2 is 1.89 bits per heavy atom. The lowest BCUT2D eigenvalue weighted by Gasteiger charge is -2.24. The first kappa shape index (κ1) is 24.2. The predicted octanol–water partition coefficient (Wildman–Crippen LogP) is 4.71. The van der Waals surface area contributed by atoms with Crippen molar-refractivity contribution >= 4 is 34.1 Å². The van der Waals surface area contributed by atoms with E-state index < -0.39 is 29.5 Å². The van der Waals surface area contributed by atoms with Gasteiger partial charge >= 0.3 is 5.97 Å². The number of aryl methyl sites for hydroxylation is 2. The van der Waals surface area contributed by atoms with Gasteiger partial charge in [0.15, 0.2) is 16.7 Å². The van der Waals surface area contributed by atoms with Crippen LogP contribution >= 0.6 is 11.3 Å². The second-order valence-electron chi connectivity index (χ2n) is 7.90. The van der Waals surface area contributed by atoms with E-state index in [9.17, 15) is 19.5 Å². The van der Waals surface area contributed by atoms with E-state index in [1.165, 1.54) is 18.1 Å². The number of nitrogens with zero attached hydrogens (tertiary/aromatic N) is 2. The predicted molar refractivity (Wildman–Crippen MR) is 128 cm³/mol. The molecule has 4 rings (SSSR count). The van der Waals surface area contributed by atoms with Gasteiger partial charge in [-0.2, -0.15) is 0 Å². The van der Waals surface area contributed by atoms with Gasteiger partial charge in [-0.05, 0) is 50.1 Å². The highest BCUT2D eigenvalue weighted by atomic mass is 32.1. The van der Waals surface area contributed by atoms with Crippen LogP contribution in [0.25, 0.3) is 0 Å². The van der Waals surface area contributed by atoms with Gasteiger partial charge in [-0.25, -0.2) is 9.78 Å². The molecule has 1 N–H and O–H groups in total. The van der Waals surface area contributed by atoms with Crippen LogP contribution in [0.15, 0.2) is 52.1 Å². The smallest absolute Gasteiger partial charge is 0.350 e. The zero-order valence-corrected chi connectivity index (χ0v) is 20.5. The van der Waals surface area contributed by atoms with Crippen LogP contribution in [-0.4, -0.2) is 41.5 Å². The molecule has 9 nitrogen and oxygen atoms in total.